The van der Waals surface area contributed by atoms with E-state index in [9.17, 15) is 9.59 Å². The first-order valence-electron chi connectivity index (χ1n) is 9.08. The molecule has 0 saturated carbocycles. The van der Waals surface area contributed by atoms with Crippen LogP contribution in [0.3, 0.4) is 0 Å². The number of nitrogens with one attached hydrogen (secondary N) is 1. The summed E-state index contributed by atoms with van der Waals surface area (Å²) in [7, 11) is 1.39. The second kappa shape index (κ2) is 7.26. The number of fused-ring (bicyclic) bond motifs is 2. The smallest absolute Gasteiger partial charge is 0.305 e. The second-order valence-corrected chi connectivity index (χ2v) is 6.75. The average Bonchev–Trinajstić information content (AvgIpc) is 3.29. The van der Waals surface area contributed by atoms with Gasteiger partial charge in [-0.05, 0) is 18.1 Å². The molecule has 1 amide bonds. The standard InChI is InChI=1S/C20H22N4O3/c1-27-20(26)7-6-15-12-22-18-13-23(8-9-24(15)18)19(25)10-14-11-21-17-5-3-2-4-16(14)17/h2-5,11-12,21H,6-10,13H2,1H3. The summed E-state index contributed by atoms with van der Waals surface area (Å²) >= 11 is 0. The van der Waals surface area contributed by atoms with Gasteiger partial charge in [-0.15, -0.1) is 0 Å². The first-order chi connectivity index (χ1) is 13.2. The number of rotatable bonds is 5. The van der Waals surface area contributed by atoms with Gasteiger partial charge in [-0.25, -0.2) is 4.98 Å². The minimum Gasteiger partial charge on any atom is -0.469 e. The number of H-pyrrole nitrogens is 1. The van der Waals surface area contributed by atoms with Crippen molar-refractivity contribution in [2.45, 2.75) is 32.4 Å². The minimum absolute atomic E-state index is 0.102. The monoisotopic (exact) mass is 366 g/mol. The zero-order valence-corrected chi connectivity index (χ0v) is 15.3. The van der Waals surface area contributed by atoms with Crippen LogP contribution in [-0.4, -0.2) is 45.0 Å². The van der Waals surface area contributed by atoms with Gasteiger partial charge < -0.3 is 19.2 Å². The molecule has 7 nitrogen and oxygen atoms in total. The van der Waals surface area contributed by atoms with Crippen LogP contribution >= 0.6 is 0 Å². The Labute approximate surface area is 156 Å². The number of hydrogen-bond donors (Lipinski definition) is 1. The molecule has 0 unspecified atom stereocenters. The molecular weight excluding hydrogens is 344 g/mol. The van der Waals surface area contributed by atoms with E-state index in [4.69, 9.17) is 4.74 Å². The van der Waals surface area contributed by atoms with E-state index < -0.39 is 0 Å². The van der Waals surface area contributed by atoms with Crippen molar-refractivity contribution >= 4 is 22.8 Å². The highest BCUT2D eigenvalue weighted by Crippen LogP contribution is 2.21. The third-order valence-electron chi connectivity index (χ3n) is 5.13. The molecule has 0 spiro atoms. The van der Waals surface area contributed by atoms with Crippen LogP contribution in [0.4, 0.5) is 0 Å². The topological polar surface area (TPSA) is 80.2 Å². The Hall–Kier alpha value is -3.09. The van der Waals surface area contributed by atoms with E-state index in [0.29, 0.717) is 38.9 Å². The van der Waals surface area contributed by atoms with E-state index in [2.05, 4.69) is 14.5 Å². The maximum atomic E-state index is 12.8. The number of amides is 1. The van der Waals surface area contributed by atoms with E-state index >= 15 is 0 Å². The number of aromatic nitrogens is 3. The van der Waals surface area contributed by atoms with E-state index in [1.165, 1.54) is 7.11 Å². The van der Waals surface area contributed by atoms with Gasteiger partial charge in [0, 0.05) is 42.1 Å². The number of para-hydroxylation sites is 1. The molecule has 0 aliphatic carbocycles. The summed E-state index contributed by atoms with van der Waals surface area (Å²) in [5.41, 5.74) is 3.08. The van der Waals surface area contributed by atoms with Gasteiger partial charge in [0.2, 0.25) is 5.91 Å². The van der Waals surface area contributed by atoms with Gasteiger partial charge >= 0.3 is 5.97 Å². The molecule has 4 rings (SSSR count). The highest BCUT2D eigenvalue weighted by molar-refractivity contribution is 5.88. The average molecular weight is 366 g/mol. The van der Waals surface area contributed by atoms with Crippen molar-refractivity contribution in [1.82, 2.24) is 19.4 Å². The van der Waals surface area contributed by atoms with Crippen molar-refractivity contribution in [2.24, 2.45) is 0 Å². The number of aryl methyl sites for hydroxylation is 1. The highest BCUT2D eigenvalue weighted by Gasteiger charge is 2.24. The number of imidazole rings is 1. The summed E-state index contributed by atoms with van der Waals surface area (Å²) in [6, 6.07) is 8.01. The van der Waals surface area contributed by atoms with Crippen LogP contribution < -0.4 is 0 Å². The van der Waals surface area contributed by atoms with Crippen LogP contribution in [0.15, 0.2) is 36.7 Å². The zero-order chi connectivity index (χ0) is 18.8. The van der Waals surface area contributed by atoms with Gasteiger partial charge in [0.05, 0.1) is 26.5 Å². The number of carbonyl (C=O) groups excluding carboxylic acids is 2. The fourth-order valence-corrected chi connectivity index (χ4v) is 3.62. The Kier molecular flexibility index (Phi) is 4.66. The predicted octanol–water partition coefficient (Wildman–Crippen LogP) is 2.05. The van der Waals surface area contributed by atoms with Gasteiger partial charge in [-0.3, -0.25) is 9.59 Å². The van der Waals surface area contributed by atoms with Crippen LogP contribution in [0.25, 0.3) is 10.9 Å². The molecule has 27 heavy (non-hydrogen) atoms. The van der Waals surface area contributed by atoms with E-state index in [1.54, 1.807) is 6.20 Å². The Morgan fingerprint density at radius 1 is 1.26 bits per heavy atom. The van der Waals surface area contributed by atoms with Crippen molar-refractivity contribution in [3.8, 4) is 0 Å². The Balaban J connectivity index is 1.43. The first kappa shape index (κ1) is 17.3. The van der Waals surface area contributed by atoms with E-state index in [-0.39, 0.29) is 11.9 Å². The van der Waals surface area contributed by atoms with Crippen molar-refractivity contribution in [2.75, 3.05) is 13.7 Å². The third-order valence-corrected chi connectivity index (χ3v) is 5.13. The van der Waals surface area contributed by atoms with Gasteiger partial charge in [0.1, 0.15) is 5.82 Å². The second-order valence-electron chi connectivity index (χ2n) is 6.75. The van der Waals surface area contributed by atoms with Gasteiger partial charge in [0.25, 0.3) is 0 Å². The molecule has 7 heteroatoms. The number of benzene rings is 1. The van der Waals surface area contributed by atoms with Crippen LogP contribution in [-0.2, 0) is 40.3 Å². The highest BCUT2D eigenvalue weighted by atomic mass is 16.5. The minimum atomic E-state index is -0.225. The number of aromatic amines is 1. The lowest BCUT2D eigenvalue weighted by atomic mass is 10.1. The number of carbonyl (C=O) groups is 2. The number of hydrogen-bond acceptors (Lipinski definition) is 4. The molecule has 1 aliphatic heterocycles. The number of methoxy groups -OCH3 is 1. The number of ether oxygens (including phenoxy) is 1. The summed E-state index contributed by atoms with van der Waals surface area (Å²) in [5.74, 6) is 0.746. The molecule has 3 heterocycles. The van der Waals surface area contributed by atoms with Crippen molar-refractivity contribution in [1.29, 1.82) is 0 Å². The van der Waals surface area contributed by atoms with Crippen LogP contribution in [0, 0.1) is 0 Å². The predicted molar refractivity (Wildman–Crippen MR) is 100.0 cm³/mol. The molecule has 1 N–H and O–H groups in total. The molecule has 0 saturated heterocycles. The Morgan fingerprint density at radius 3 is 2.96 bits per heavy atom. The van der Waals surface area contributed by atoms with Gasteiger partial charge in [-0.1, -0.05) is 18.2 Å². The maximum Gasteiger partial charge on any atom is 0.305 e. The summed E-state index contributed by atoms with van der Waals surface area (Å²) < 4.78 is 6.81. The third kappa shape index (κ3) is 3.45. The lowest BCUT2D eigenvalue weighted by molar-refractivity contribution is -0.140. The fourth-order valence-electron chi connectivity index (χ4n) is 3.62. The number of esters is 1. The molecule has 3 aromatic rings. The summed E-state index contributed by atoms with van der Waals surface area (Å²) in [6.07, 6.45) is 5.03. The molecule has 0 atom stereocenters. The summed E-state index contributed by atoms with van der Waals surface area (Å²) in [6.45, 7) is 1.85. The van der Waals surface area contributed by atoms with Crippen molar-refractivity contribution < 1.29 is 14.3 Å². The summed E-state index contributed by atoms with van der Waals surface area (Å²) in [5, 5.41) is 1.09. The Morgan fingerprint density at radius 2 is 2.11 bits per heavy atom. The normalized spacial score (nSPS) is 13.6. The molecule has 1 aliphatic rings. The maximum absolute atomic E-state index is 12.8. The molecule has 1 aromatic carbocycles. The van der Waals surface area contributed by atoms with Crippen LogP contribution in [0.5, 0.6) is 0 Å². The lowest BCUT2D eigenvalue weighted by Crippen LogP contribution is -2.39. The summed E-state index contributed by atoms with van der Waals surface area (Å²) in [4.78, 5) is 33.7. The first-order valence-corrected chi connectivity index (χ1v) is 9.08. The number of nitrogens with zero attached hydrogens (tertiary/aromatic N) is 3. The van der Waals surface area contributed by atoms with Crippen LogP contribution in [0.2, 0.25) is 0 Å². The van der Waals surface area contributed by atoms with Crippen molar-refractivity contribution in [3.63, 3.8) is 0 Å². The molecule has 140 valence electrons. The van der Waals surface area contributed by atoms with E-state index in [0.717, 1.165) is 28.0 Å². The molecular formula is C20H22N4O3. The van der Waals surface area contributed by atoms with Crippen LogP contribution in [0.1, 0.15) is 23.5 Å². The van der Waals surface area contributed by atoms with E-state index in [1.807, 2.05) is 35.4 Å². The largest absolute Gasteiger partial charge is 0.469 e. The fraction of sp³-hybridized carbons (Fsp3) is 0.350. The quantitative estimate of drug-likeness (QED) is 0.701. The molecule has 0 bridgehead atoms. The molecule has 2 aromatic heterocycles. The molecule has 0 radical (unpaired) electrons. The van der Waals surface area contributed by atoms with Crippen molar-refractivity contribution in [3.05, 3.63) is 53.7 Å². The SMILES string of the molecule is COC(=O)CCc1cnc2n1CCN(C(=O)Cc1c[nH]c3ccccc13)C2. The Bertz CT molecular complexity index is 988. The molecule has 0 fully saturated rings. The van der Waals surface area contributed by atoms with Gasteiger partial charge in [0.15, 0.2) is 0 Å². The zero-order valence-electron chi connectivity index (χ0n) is 15.3. The lowest BCUT2D eigenvalue weighted by Gasteiger charge is -2.28. The van der Waals surface area contributed by atoms with Gasteiger partial charge in [-0.2, -0.15) is 0 Å².